The third-order valence-corrected chi connectivity index (χ3v) is 18.8. The van der Waals surface area contributed by atoms with Crippen LogP contribution in [0.15, 0.2) is 65.6 Å². The minimum atomic E-state index is -0.457. The first-order valence-corrected chi connectivity index (χ1v) is 25.7. The zero-order valence-corrected chi connectivity index (χ0v) is 38.9. The second-order valence-electron chi connectivity index (χ2n) is 21.7. The summed E-state index contributed by atoms with van der Waals surface area (Å²) in [5.74, 6) is 2.20. The van der Waals surface area contributed by atoms with Gasteiger partial charge in [0.2, 0.25) is 5.91 Å². The molecule has 4 aromatic rings. The van der Waals surface area contributed by atoms with Gasteiger partial charge in [-0.1, -0.05) is 61.7 Å². The molecule has 0 unspecified atom stereocenters. The standard InChI is InChI=1S/C54H62ClN7O4/c1-33-8-16-46(49(63)56-33)61-31-40-39(51(61)65)14-15-41-48(40)66-32-53(41)22-26-59(27-23-53)36-10-12-37(13-11-36)60-29-38(30-60)58-24-18-34(19-25-58)35-9-17-44-42(28-35)54(20-3-2-4-21-54)52-57-50(64)47-43(55)6-5-7-45(47)62(44)52/h5-7,9,14-15,17,28,34,36-38,46H,1-4,8,10-13,16,18-27,29-32H2,(H,56,63)/t36?,37?,46-/m0/s1. The molecule has 13 rings (SSSR count). The summed E-state index contributed by atoms with van der Waals surface area (Å²) in [6.45, 7) is 12.0. The Balaban J connectivity index is 0.600. The Morgan fingerprint density at radius 3 is 2.27 bits per heavy atom. The van der Waals surface area contributed by atoms with Crippen molar-refractivity contribution in [2.24, 2.45) is 0 Å². The molecule has 2 amide bonds. The maximum absolute atomic E-state index is 13.5. The molecule has 1 N–H and O–H groups in total. The molecule has 1 atom stereocenters. The predicted octanol–water partition coefficient (Wildman–Crippen LogP) is 7.95. The number of benzene rings is 3. The van der Waals surface area contributed by atoms with E-state index in [1.165, 1.54) is 93.5 Å². The number of likely N-dealkylation sites (tertiary alicyclic amines) is 3. The molecule has 6 fully saturated rings. The monoisotopic (exact) mass is 907 g/mol. The Kier molecular flexibility index (Phi) is 9.94. The smallest absolute Gasteiger partial charge is 0.282 e. The average Bonchev–Trinajstić information content (AvgIpc) is 3.94. The summed E-state index contributed by atoms with van der Waals surface area (Å²) < 4.78 is 8.77. The molecule has 2 aliphatic carbocycles. The van der Waals surface area contributed by atoms with Gasteiger partial charge in [0.15, 0.2) is 0 Å². The van der Waals surface area contributed by atoms with Crippen LogP contribution in [-0.2, 0) is 22.2 Å². The molecule has 11 nitrogen and oxygen atoms in total. The number of carbonyl (C=O) groups excluding carboxylic acids is 2. The van der Waals surface area contributed by atoms with Crippen molar-refractivity contribution in [3.8, 4) is 11.4 Å². The van der Waals surface area contributed by atoms with E-state index in [1.807, 2.05) is 18.2 Å². The number of hydrogen-bond donors (Lipinski definition) is 1. The topological polar surface area (TPSA) is 103 Å². The maximum atomic E-state index is 13.5. The molecule has 12 heteroatoms. The molecule has 7 aliphatic heterocycles. The lowest BCUT2D eigenvalue weighted by Crippen LogP contribution is -2.63. The summed E-state index contributed by atoms with van der Waals surface area (Å²) in [4.78, 5) is 54.7. The highest BCUT2D eigenvalue weighted by Gasteiger charge is 2.50. The lowest BCUT2D eigenvalue weighted by Gasteiger charge is -2.52. The SMILES string of the molecule is C=C1CC[C@H](N2Cc3c(ccc4c3OCC43CCN(C4CCC(N5CC(N6CCC(c7ccc8c(c7)C7(CCCCC7)c7nc(=O)c9c(Cl)cccc9n7-8)CC6)C5)CC4)CC3)C2=O)C(=O)N1. The largest absolute Gasteiger partial charge is 0.492 e. The van der Waals surface area contributed by atoms with Crippen molar-refractivity contribution in [3.63, 3.8) is 0 Å². The van der Waals surface area contributed by atoms with E-state index in [2.05, 4.69) is 55.4 Å². The third-order valence-electron chi connectivity index (χ3n) is 18.5. The average molecular weight is 909 g/mol. The van der Waals surface area contributed by atoms with Crippen molar-refractivity contribution in [1.29, 1.82) is 0 Å². The molecule has 2 spiro atoms. The van der Waals surface area contributed by atoms with Crippen LogP contribution in [0.1, 0.15) is 141 Å². The van der Waals surface area contributed by atoms with Crippen LogP contribution >= 0.6 is 11.6 Å². The summed E-state index contributed by atoms with van der Waals surface area (Å²) in [6, 6.07) is 18.8. The van der Waals surface area contributed by atoms with E-state index < -0.39 is 6.04 Å². The van der Waals surface area contributed by atoms with E-state index >= 15 is 0 Å². The fraction of sp³-hybridized carbons (Fsp3) is 0.556. The van der Waals surface area contributed by atoms with Gasteiger partial charge in [0.05, 0.1) is 40.2 Å². The van der Waals surface area contributed by atoms with E-state index in [1.54, 1.807) is 11.0 Å². The number of carbonyl (C=O) groups is 2. The Morgan fingerprint density at radius 1 is 0.773 bits per heavy atom. The highest BCUT2D eigenvalue weighted by molar-refractivity contribution is 6.35. The van der Waals surface area contributed by atoms with Crippen LogP contribution < -0.4 is 15.6 Å². The molecule has 1 aromatic heterocycles. The van der Waals surface area contributed by atoms with Crippen LogP contribution in [-0.4, -0.2) is 111 Å². The van der Waals surface area contributed by atoms with Crippen LogP contribution in [0.25, 0.3) is 16.6 Å². The van der Waals surface area contributed by atoms with Gasteiger partial charge in [0.25, 0.3) is 11.5 Å². The summed E-state index contributed by atoms with van der Waals surface area (Å²) in [5, 5.41) is 3.86. The van der Waals surface area contributed by atoms with Crippen molar-refractivity contribution < 1.29 is 14.3 Å². The van der Waals surface area contributed by atoms with Crippen LogP contribution in [0.3, 0.4) is 0 Å². The van der Waals surface area contributed by atoms with Crippen molar-refractivity contribution >= 4 is 34.3 Å². The number of amides is 2. The Bertz CT molecular complexity index is 2730. The number of allylic oxidation sites excluding steroid dienone is 1. The van der Waals surface area contributed by atoms with E-state index in [9.17, 15) is 14.4 Å². The number of fused-ring (bicyclic) bond motifs is 11. The van der Waals surface area contributed by atoms with E-state index in [-0.39, 0.29) is 28.2 Å². The number of piperidine rings is 3. The number of halogens is 1. The molecular weight excluding hydrogens is 846 g/mol. The first kappa shape index (κ1) is 41.6. The molecule has 0 bridgehead atoms. The fourth-order valence-electron chi connectivity index (χ4n) is 14.6. The Hall–Kier alpha value is -4.55. The Labute approximate surface area is 392 Å². The van der Waals surface area contributed by atoms with Crippen molar-refractivity contribution in [2.45, 2.75) is 144 Å². The second-order valence-corrected chi connectivity index (χ2v) is 22.1. The molecule has 0 radical (unpaired) electrons. The summed E-state index contributed by atoms with van der Waals surface area (Å²) in [5.41, 5.74) is 8.17. The number of nitrogens with zero attached hydrogens (tertiary/aromatic N) is 6. The van der Waals surface area contributed by atoms with Gasteiger partial charge in [-0.25, -0.2) is 0 Å². The third kappa shape index (κ3) is 6.38. The first-order chi connectivity index (χ1) is 32.2. The molecule has 2 saturated carbocycles. The van der Waals surface area contributed by atoms with Gasteiger partial charge in [-0.15, -0.1) is 0 Å². The lowest BCUT2D eigenvalue weighted by atomic mass is 9.69. The van der Waals surface area contributed by atoms with Gasteiger partial charge < -0.3 is 19.9 Å². The van der Waals surface area contributed by atoms with Crippen LogP contribution in [0, 0.1) is 0 Å². The molecular formula is C54H62ClN7O4. The van der Waals surface area contributed by atoms with Gasteiger partial charge in [-0.2, -0.15) is 4.98 Å². The molecule has 3 aromatic carbocycles. The highest BCUT2D eigenvalue weighted by atomic mass is 35.5. The molecule has 8 heterocycles. The van der Waals surface area contributed by atoms with Crippen LogP contribution in [0.5, 0.6) is 5.75 Å². The predicted molar refractivity (Wildman–Crippen MR) is 256 cm³/mol. The van der Waals surface area contributed by atoms with Crippen molar-refractivity contribution in [3.05, 3.63) is 110 Å². The van der Waals surface area contributed by atoms with Gasteiger partial charge in [0.1, 0.15) is 17.6 Å². The molecule has 344 valence electrons. The number of ether oxygens (including phenoxy) is 1. The van der Waals surface area contributed by atoms with E-state index in [4.69, 9.17) is 21.3 Å². The first-order valence-electron chi connectivity index (χ1n) is 25.4. The lowest BCUT2D eigenvalue weighted by molar-refractivity contribution is -0.126. The van der Waals surface area contributed by atoms with E-state index in [0.717, 1.165) is 80.0 Å². The minimum absolute atomic E-state index is 0.00700. The van der Waals surface area contributed by atoms with Gasteiger partial charge in [-0.05, 0) is 145 Å². The Morgan fingerprint density at radius 2 is 1.52 bits per heavy atom. The van der Waals surface area contributed by atoms with Crippen molar-refractivity contribution in [2.75, 3.05) is 45.9 Å². The highest BCUT2D eigenvalue weighted by Crippen LogP contribution is 2.53. The zero-order chi connectivity index (χ0) is 44.5. The van der Waals surface area contributed by atoms with Crippen molar-refractivity contribution in [1.82, 2.24) is 34.5 Å². The van der Waals surface area contributed by atoms with Crippen LogP contribution in [0.4, 0.5) is 0 Å². The fourth-order valence-corrected chi connectivity index (χ4v) is 14.9. The number of nitrogens with one attached hydrogen (secondary N) is 1. The normalized spacial score (nSPS) is 27.7. The zero-order valence-electron chi connectivity index (χ0n) is 38.2. The molecule has 4 saturated heterocycles. The maximum Gasteiger partial charge on any atom is 0.282 e. The summed E-state index contributed by atoms with van der Waals surface area (Å²) >= 11 is 6.61. The van der Waals surface area contributed by atoms with Gasteiger partial charge >= 0.3 is 0 Å². The second kappa shape index (κ2) is 15.8. The van der Waals surface area contributed by atoms with Gasteiger partial charge in [-0.3, -0.25) is 28.8 Å². The minimum Gasteiger partial charge on any atom is -0.492 e. The van der Waals surface area contributed by atoms with Gasteiger partial charge in [0, 0.05) is 59.0 Å². The summed E-state index contributed by atoms with van der Waals surface area (Å²) in [6.07, 6.45) is 16.7. The number of rotatable bonds is 5. The van der Waals surface area contributed by atoms with Crippen LogP contribution in [0.2, 0.25) is 5.02 Å². The molecule has 9 aliphatic rings. The van der Waals surface area contributed by atoms with E-state index in [0.29, 0.717) is 66.0 Å². The number of aromatic nitrogens is 2. The summed E-state index contributed by atoms with van der Waals surface area (Å²) in [7, 11) is 0. The number of hydrogen-bond acceptors (Lipinski definition) is 8. The quantitative estimate of drug-likeness (QED) is 0.216. The molecule has 66 heavy (non-hydrogen) atoms.